The summed E-state index contributed by atoms with van der Waals surface area (Å²) in [5.41, 5.74) is 6.27. The van der Waals surface area contributed by atoms with Crippen LogP contribution in [0, 0.1) is 0 Å². The standard InChI is InChI=1S/C19H19N3O5S/c1-22(19-21-12-6-4-5-7-15(12)28-19)18(24)11-8-13(25-2)17(14(9-11)26-3)27-10-16(20)23/h4-9H,10H2,1-3H3,(H2,20,23). The fourth-order valence-corrected chi connectivity index (χ4v) is 3.50. The Balaban J connectivity index is 1.94. The van der Waals surface area contributed by atoms with E-state index >= 15 is 0 Å². The predicted octanol–water partition coefficient (Wildman–Crippen LogP) is 2.45. The zero-order chi connectivity index (χ0) is 20.3. The molecule has 0 aliphatic heterocycles. The predicted molar refractivity (Wildman–Crippen MR) is 107 cm³/mol. The van der Waals surface area contributed by atoms with Crippen molar-refractivity contribution in [3.8, 4) is 17.2 Å². The Hall–Kier alpha value is -3.33. The minimum Gasteiger partial charge on any atom is -0.493 e. The van der Waals surface area contributed by atoms with Crippen molar-refractivity contribution in [2.75, 3.05) is 32.8 Å². The quantitative estimate of drug-likeness (QED) is 0.652. The third-order valence-electron chi connectivity index (χ3n) is 3.94. The van der Waals surface area contributed by atoms with E-state index in [4.69, 9.17) is 19.9 Å². The van der Waals surface area contributed by atoms with Crippen LogP contribution in [0.4, 0.5) is 5.13 Å². The lowest BCUT2D eigenvalue weighted by atomic mass is 10.1. The number of nitrogens with zero attached hydrogens (tertiary/aromatic N) is 2. The first-order valence-electron chi connectivity index (χ1n) is 8.25. The van der Waals surface area contributed by atoms with Crippen molar-refractivity contribution in [1.29, 1.82) is 0 Å². The molecule has 28 heavy (non-hydrogen) atoms. The van der Waals surface area contributed by atoms with E-state index in [0.29, 0.717) is 10.7 Å². The molecule has 0 spiro atoms. The third kappa shape index (κ3) is 3.84. The molecule has 0 bridgehead atoms. The molecule has 0 aliphatic rings. The molecule has 3 aromatic rings. The normalized spacial score (nSPS) is 10.5. The Kier molecular flexibility index (Phi) is 5.65. The summed E-state index contributed by atoms with van der Waals surface area (Å²) >= 11 is 1.42. The largest absolute Gasteiger partial charge is 0.493 e. The van der Waals surface area contributed by atoms with Crippen LogP contribution in [0.3, 0.4) is 0 Å². The van der Waals surface area contributed by atoms with Gasteiger partial charge in [-0.15, -0.1) is 0 Å². The number of rotatable bonds is 7. The molecule has 0 saturated heterocycles. The third-order valence-corrected chi connectivity index (χ3v) is 5.05. The molecule has 2 aromatic carbocycles. The van der Waals surface area contributed by atoms with Crippen LogP contribution in [0.25, 0.3) is 10.2 Å². The molecule has 0 radical (unpaired) electrons. The van der Waals surface area contributed by atoms with Gasteiger partial charge in [0.05, 0.1) is 24.4 Å². The van der Waals surface area contributed by atoms with E-state index in [0.717, 1.165) is 10.2 Å². The smallest absolute Gasteiger partial charge is 0.260 e. The molecule has 146 valence electrons. The fraction of sp³-hybridized carbons (Fsp3) is 0.211. The summed E-state index contributed by atoms with van der Waals surface area (Å²) in [4.78, 5) is 30.0. The SMILES string of the molecule is COc1cc(C(=O)N(C)c2nc3ccccc3s2)cc(OC)c1OCC(N)=O. The van der Waals surface area contributed by atoms with Crippen LogP contribution in [0.2, 0.25) is 0 Å². The van der Waals surface area contributed by atoms with Crippen molar-refractivity contribution in [3.05, 3.63) is 42.0 Å². The van der Waals surface area contributed by atoms with Gasteiger partial charge in [-0.2, -0.15) is 0 Å². The number of benzene rings is 2. The highest BCUT2D eigenvalue weighted by Crippen LogP contribution is 2.39. The van der Waals surface area contributed by atoms with Crippen LogP contribution in [0.5, 0.6) is 17.2 Å². The number of primary amides is 1. The Morgan fingerprint density at radius 1 is 1.14 bits per heavy atom. The van der Waals surface area contributed by atoms with E-state index in [1.165, 1.54) is 42.6 Å². The van der Waals surface area contributed by atoms with Gasteiger partial charge in [0.1, 0.15) is 0 Å². The van der Waals surface area contributed by atoms with Gasteiger partial charge in [-0.3, -0.25) is 14.5 Å². The molecular weight excluding hydrogens is 382 g/mol. The molecule has 2 N–H and O–H groups in total. The maximum Gasteiger partial charge on any atom is 0.260 e. The second-order valence-corrected chi connectivity index (χ2v) is 6.80. The minimum atomic E-state index is -0.639. The van der Waals surface area contributed by atoms with E-state index in [9.17, 15) is 9.59 Å². The first-order valence-corrected chi connectivity index (χ1v) is 9.07. The number of methoxy groups -OCH3 is 2. The molecule has 0 aliphatic carbocycles. The van der Waals surface area contributed by atoms with Gasteiger partial charge in [0, 0.05) is 12.6 Å². The molecule has 0 atom stereocenters. The first-order chi connectivity index (χ1) is 13.4. The number of carbonyl (C=O) groups excluding carboxylic acids is 2. The highest BCUT2D eigenvalue weighted by Gasteiger charge is 2.22. The number of hydrogen-bond acceptors (Lipinski definition) is 7. The lowest BCUT2D eigenvalue weighted by Gasteiger charge is -2.18. The number of anilines is 1. The van der Waals surface area contributed by atoms with Gasteiger partial charge in [0.25, 0.3) is 11.8 Å². The molecule has 9 heteroatoms. The average molecular weight is 401 g/mol. The van der Waals surface area contributed by atoms with Gasteiger partial charge >= 0.3 is 0 Å². The number of nitrogens with two attached hydrogens (primary N) is 1. The molecule has 0 saturated carbocycles. The van der Waals surface area contributed by atoms with Crippen molar-refractivity contribution in [3.63, 3.8) is 0 Å². The molecule has 0 unspecified atom stereocenters. The monoisotopic (exact) mass is 401 g/mol. The molecule has 3 rings (SSSR count). The maximum absolute atomic E-state index is 13.0. The number of hydrogen-bond donors (Lipinski definition) is 1. The molecular formula is C19H19N3O5S. The van der Waals surface area contributed by atoms with Gasteiger partial charge in [0.2, 0.25) is 5.75 Å². The van der Waals surface area contributed by atoms with E-state index in [1.54, 1.807) is 7.05 Å². The van der Waals surface area contributed by atoms with Gasteiger partial charge in [-0.25, -0.2) is 4.98 Å². The van der Waals surface area contributed by atoms with Gasteiger partial charge < -0.3 is 19.9 Å². The number of fused-ring (bicyclic) bond motifs is 1. The summed E-state index contributed by atoms with van der Waals surface area (Å²) in [6.07, 6.45) is 0. The highest BCUT2D eigenvalue weighted by atomic mass is 32.1. The molecule has 2 amide bonds. The Morgan fingerprint density at radius 2 is 1.79 bits per heavy atom. The lowest BCUT2D eigenvalue weighted by molar-refractivity contribution is -0.120. The van der Waals surface area contributed by atoms with Crippen molar-refractivity contribution >= 4 is 38.5 Å². The summed E-state index contributed by atoms with van der Waals surface area (Å²) in [6.45, 7) is -0.342. The zero-order valence-corrected chi connectivity index (χ0v) is 16.4. The minimum absolute atomic E-state index is 0.197. The van der Waals surface area contributed by atoms with Crippen LogP contribution < -0.4 is 24.8 Å². The van der Waals surface area contributed by atoms with Crippen LogP contribution in [0.1, 0.15) is 10.4 Å². The maximum atomic E-state index is 13.0. The number of carbonyl (C=O) groups is 2. The Bertz CT molecular complexity index is 975. The van der Waals surface area contributed by atoms with E-state index < -0.39 is 5.91 Å². The van der Waals surface area contributed by atoms with E-state index in [-0.39, 0.29) is 29.8 Å². The van der Waals surface area contributed by atoms with Gasteiger partial charge in [-0.1, -0.05) is 23.5 Å². The van der Waals surface area contributed by atoms with Crippen LogP contribution in [-0.2, 0) is 4.79 Å². The van der Waals surface area contributed by atoms with Crippen LogP contribution >= 0.6 is 11.3 Å². The number of amides is 2. The zero-order valence-electron chi connectivity index (χ0n) is 15.6. The van der Waals surface area contributed by atoms with E-state index in [1.807, 2.05) is 24.3 Å². The number of thiazole rings is 1. The Labute approximate surface area is 165 Å². The fourth-order valence-electron chi connectivity index (χ4n) is 2.57. The second kappa shape index (κ2) is 8.13. The average Bonchev–Trinajstić information content (AvgIpc) is 3.14. The molecule has 1 aromatic heterocycles. The van der Waals surface area contributed by atoms with Gasteiger partial charge in [0.15, 0.2) is 23.2 Å². The van der Waals surface area contributed by atoms with Crippen LogP contribution in [-0.4, -0.2) is 44.7 Å². The first kappa shape index (κ1) is 19.4. The molecule has 8 nitrogen and oxygen atoms in total. The van der Waals surface area contributed by atoms with Crippen molar-refractivity contribution in [1.82, 2.24) is 4.98 Å². The topological polar surface area (TPSA) is 104 Å². The summed E-state index contributed by atoms with van der Waals surface area (Å²) < 4.78 is 17.0. The molecule has 0 fully saturated rings. The molecule has 1 heterocycles. The number of aromatic nitrogens is 1. The summed E-state index contributed by atoms with van der Waals surface area (Å²) in [5, 5.41) is 0.568. The highest BCUT2D eigenvalue weighted by molar-refractivity contribution is 7.22. The van der Waals surface area contributed by atoms with Crippen molar-refractivity contribution in [2.45, 2.75) is 0 Å². The van der Waals surface area contributed by atoms with Crippen molar-refractivity contribution in [2.24, 2.45) is 5.73 Å². The summed E-state index contributed by atoms with van der Waals surface area (Å²) in [7, 11) is 4.51. The van der Waals surface area contributed by atoms with Crippen LogP contribution in [0.15, 0.2) is 36.4 Å². The van der Waals surface area contributed by atoms with Gasteiger partial charge in [-0.05, 0) is 24.3 Å². The summed E-state index contributed by atoms with van der Waals surface area (Å²) in [6, 6.07) is 10.7. The Morgan fingerprint density at radius 3 is 2.36 bits per heavy atom. The second-order valence-electron chi connectivity index (χ2n) is 5.79. The summed E-state index contributed by atoms with van der Waals surface area (Å²) in [5.74, 6) is -0.233. The number of ether oxygens (including phenoxy) is 3. The van der Waals surface area contributed by atoms with E-state index in [2.05, 4.69) is 4.98 Å². The number of para-hydroxylation sites is 1. The lowest BCUT2D eigenvalue weighted by Crippen LogP contribution is -2.26. The van der Waals surface area contributed by atoms with Crippen molar-refractivity contribution < 1.29 is 23.8 Å².